The van der Waals surface area contributed by atoms with Crippen LogP contribution >= 0.6 is 11.6 Å². The fourth-order valence-corrected chi connectivity index (χ4v) is 2.60. The Balaban J connectivity index is 1.57. The second-order valence-electron chi connectivity index (χ2n) is 6.16. The van der Waals surface area contributed by atoms with E-state index in [-0.39, 0.29) is 12.2 Å². The van der Waals surface area contributed by atoms with Gasteiger partial charge in [-0.3, -0.25) is 0 Å². The van der Waals surface area contributed by atoms with Gasteiger partial charge in [0.1, 0.15) is 12.4 Å². The van der Waals surface area contributed by atoms with Gasteiger partial charge in [-0.05, 0) is 54.1 Å². The fraction of sp³-hybridized carbons (Fsp3) is 0.0455. The quantitative estimate of drug-likeness (QED) is 0.376. The Morgan fingerprint density at radius 3 is 2.40 bits per heavy atom. The second-order valence-corrected chi connectivity index (χ2v) is 6.60. The summed E-state index contributed by atoms with van der Waals surface area (Å²) in [6, 6.07) is 19.9. The molecule has 3 rings (SSSR count). The largest absolute Gasteiger partial charge is 0.488 e. The number of hydrogen-bond donors (Lipinski definition) is 3. The number of hydrazone groups is 1. The number of rotatable bonds is 7. The van der Waals surface area contributed by atoms with E-state index in [0.29, 0.717) is 22.0 Å². The third-order valence-corrected chi connectivity index (χ3v) is 4.24. The number of aromatic carboxylic acids is 1. The molecular weight excluding hydrogens is 406 g/mol. The van der Waals surface area contributed by atoms with Crippen molar-refractivity contribution in [3.05, 3.63) is 94.5 Å². The monoisotopic (exact) mass is 423 g/mol. The van der Waals surface area contributed by atoms with Crippen LogP contribution in [0.1, 0.15) is 21.5 Å². The maximum Gasteiger partial charge on any atom is 0.339 e. The van der Waals surface area contributed by atoms with Crippen LogP contribution in [0.4, 0.5) is 10.5 Å². The SMILES string of the molecule is O=C(N/N=C/c1ccccc1OCc1ccc(C(=O)O)cc1)Nc1ccc(Cl)cc1. The Hall–Kier alpha value is -3.84. The highest BCUT2D eigenvalue weighted by Gasteiger charge is 2.05. The minimum Gasteiger partial charge on any atom is -0.488 e. The molecule has 0 bridgehead atoms. The minimum atomic E-state index is -0.975. The molecule has 0 spiro atoms. The molecule has 30 heavy (non-hydrogen) atoms. The van der Waals surface area contributed by atoms with E-state index >= 15 is 0 Å². The molecule has 3 N–H and O–H groups in total. The van der Waals surface area contributed by atoms with Crippen molar-refractivity contribution in [2.24, 2.45) is 5.10 Å². The van der Waals surface area contributed by atoms with Crippen LogP contribution in [-0.2, 0) is 6.61 Å². The number of ether oxygens (including phenoxy) is 1. The third-order valence-electron chi connectivity index (χ3n) is 3.99. The first-order valence-electron chi connectivity index (χ1n) is 8.91. The van der Waals surface area contributed by atoms with Crippen LogP contribution in [0.5, 0.6) is 5.75 Å². The average molecular weight is 424 g/mol. The first-order chi connectivity index (χ1) is 14.5. The Morgan fingerprint density at radius 2 is 1.70 bits per heavy atom. The van der Waals surface area contributed by atoms with Crippen LogP contribution in [0.2, 0.25) is 5.02 Å². The number of nitrogens with zero attached hydrogens (tertiary/aromatic N) is 1. The second kappa shape index (κ2) is 10.1. The number of carbonyl (C=O) groups excluding carboxylic acids is 1. The van der Waals surface area contributed by atoms with Gasteiger partial charge in [-0.1, -0.05) is 35.9 Å². The van der Waals surface area contributed by atoms with Gasteiger partial charge >= 0.3 is 12.0 Å². The number of nitrogens with one attached hydrogen (secondary N) is 2. The van der Waals surface area contributed by atoms with Crippen molar-refractivity contribution in [2.45, 2.75) is 6.61 Å². The smallest absolute Gasteiger partial charge is 0.339 e. The topological polar surface area (TPSA) is 100 Å². The van der Waals surface area contributed by atoms with E-state index in [0.717, 1.165) is 5.56 Å². The number of urea groups is 1. The van der Waals surface area contributed by atoms with Crippen LogP contribution < -0.4 is 15.5 Å². The molecule has 7 nitrogen and oxygen atoms in total. The summed E-state index contributed by atoms with van der Waals surface area (Å²) in [5, 5.41) is 16.1. The summed E-state index contributed by atoms with van der Waals surface area (Å²) in [6.45, 7) is 0.259. The zero-order valence-electron chi connectivity index (χ0n) is 15.7. The first-order valence-corrected chi connectivity index (χ1v) is 9.29. The molecule has 152 valence electrons. The maximum absolute atomic E-state index is 11.9. The van der Waals surface area contributed by atoms with Crippen molar-refractivity contribution in [3.63, 3.8) is 0 Å². The van der Waals surface area contributed by atoms with Crippen LogP contribution in [0.25, 0.3) is 0 Å². The van der Waals surface area contributed by atoms with Crippen molar-refractivity contribution in [1.29, 1.82) is 0 Å². The summed E-state index contributed by atoms with van der Waals surface area (Å²) in [5.74, 6) is -0.403. The van der Waals surface area contributed by atoms with E-state index in [4.69, 9.17) is 21.4 Å². The molecule has 0 aliphatic heterocycles. The van der Waals surface area contributed by atoms with Gasteiger partial charge in [0, 0.05) is 16.3 Å². The number of carbonyl (C=O) groups is 2. The molecule has 3 aromatic rings. The van der Waals surface area contributed by atoms with E-state index in [9.17, 15) is 9.59 Å². The van der Waals surface area contributed by atoms with E-state index in [1.165, 1.54) is 18.3 Å². The van der Waals surface area contributed by atoms with Gasteiger partial charge in [0.25, 0.3) is 0 Å². The molecule has 0 radical (unpaired) electrons. The van der Waals surface area contributed by atoms with Gasteiger partial charge in [-0.25, -0.2) is 15.0 Å². The molecule has 0 saturated carbocycles. The highest BCUT2D eigenvalue weighted by molar-refractivity contribution is 6.30. The number of hydrogen-bond acceptors (Lipinski definition) is 4. The van der Waals surface area contributed by atoms with Crippen molar-refractivity contribution in [1.82, 2.24) is 5.43 Å². The number of anilines is 1. The Morgan fingerprint density at radius 1 is 1.00 bits per heavy atom. The molecule has 8 heteroatoms. The Labute approximate surface area is 178 Å². The minimum absolute atomic E-state index is 0.217. The first kappa shape index (κ1) is 20.9. The summed E-state index contributed by atoms with van der Waals surface area (Å²) in [4.78, 5) is 22.8. The van der Waals surface area contributed by atoms with Gasteiger partial charge in [0.2, 0.25) is 0 Å². The van der Waals surface area contributed by atoms with Crippen molar-refractivity contribution < 1.29 is 19.4 Å². The Kier molecular flexibility index (Phi) is 7.02. The van der Waals surface area contributed by atoms with Crippen molar-refractivity contribution in [3.8, 4) is 5.75 Å². The number of benzene rings is 3. The molecule has 0 heterocycles. The van der Waals surface area contributed by atoms with Crippen molar-refractivity contribution in [2.75, 3.05) is 5.32 Å². The molecule has 0 unspecified atom stereocenters. The van der Waals surface area contributed by atoms with Gasteiger partial charge in [0.05, 0.1) is 11.8 Å². The summed E-state index contributed by atoms with van der Waals surface area (Å²) in [5.41, 5.74) is 4.69. The molecule has 0 saturated heterocycles. The molecule has 2 amide bonds. The normalized spacial score (nSPS) is 10.6. The molecule has 0 aliphatic rings. The van der Waals surface area contributed by atoms with E-state index in [1.807, 2.05) is 12.1 Å². The standard InChI is InChI=1S/C22H18ClN3O4/c23-18-9-11-19(12-10-18)25-22(29)26-24-13-17-3-1-2-4-20(17)30-14-15-5-7-16(8-6-15)21(27)28/h1-13H,14H2,(H,27,28)(H2,25,26,29)/b24-13+. The third kappa shape index (κ3) is 6.08. The van der Waals surface area contributed by atoms with Gasteiger partial charge in [-0.2, -0.15) is 5.10 Å². The van der Waals surface area contributed by atoms with Crippen LogP contribution in [0, 0.1) is 0 Å². The number of carboxylic acids is 1. The van der Waals surface area contributed by atoms with Crippen LogP contribution in [0.15, 0.2) is 77.9 Å². The van der Waals surface area contributed by atoms with Crippen LogP contribution in [0.3, 0.4) is 0 Å². The highest BCUT2D eigenvalue weighted by atomic mass is 35.5. The summed E-state index contributed by atoms with van der Waals surface area (Å²) in [6.07, 6.45) is 1.48. The molecule has 0 aliphatic carbocycles. The molecule has 3 aromatic carbocycles. The van der Waals surface area contributed by atoms with E-state index in [2.05, 4.69) is 15.8 Å². The predicted molar refractivity (Wildman–Crippen MR) is 115 cm³/mol. The molecule has 0 fully saturated rings. The fourth-order valence-electron chi connectivity index (χ4n) is 2.48. The number of amides is 2. The summed E-state index contributed by atoms with van der Waals surface area (Å²) < 4.78 is 5.81. The lowest BCUT2D eigenvalue weighted by molar-refractivity contribution is 0.0697. The lowest BCUT2D eigenvalue weighted by Crippen LogP contribution is -2.24. The molecule has 0 aromatic heterocycles. The zero-order valence-corrected chi connectivity index (χ0v) is 16.5. The summed E-state index contributed by atoms with van der Waals surface area (Å²) >= 11 is 5.81. The Bertz CT molecular complexity index is 1050. The maximum atomic E-state index is 11.9. The molecule has 0 atom stereocenters. The van der Waals surface area contributed by atoms with Gasteiger partial charge in [0.15, 0.2) is 0 Å². The number of para-hydroxylation sites is 1. The van der Waals surface area contributed by atoms with E-state index < -0.39 is 12.0 Å². The number of carboxylic acid groups (broad SMARTS) is 1. The van der Waals surface area contributed by atoms with Crippen molar-refractivity contribution >= 4 is 35.5 Å². The summed E-state index contributed by atoms with van der Waals surface area (Å²) in [7, 11) is 0. The zero-order chi connectivity index (χ0) is 21.3. The average Bonchev–Trinajstić information content (AvgIpc) is 2.75. The van der Waals surface area contributed by atoms with Crippen LogP contribution in [-0.4, -0.2) is 23.3 Å². The number of halogens is 1. The predicted octanol–water partition coefficient (Wildman–Crippen LogP) is 4.77. The van der Waals surface area contributed by atoms with Gasteiger partial charge in [-0.15, -0.1) is 0 Å². The molecular formula is C22H18ClN3O4. The highest BCUT2D eigenvalue weighted by Crippen LogP contribution is 2.18. The lowest BCUT2D eigenvalue weighted by Gasteiger charge is -2.09. The lowest BCUT2D eigenvalue weighted by atomic mass is 10.1. The van der Waals surface area contributed by atoms with E-state index in [1.54, 1.807) is 48.5 Å². The van der Waals surface area contributed by atoms with Gasteiger partial charge < -0.3 is 15.2 Å².